The van der Waals surface area contributed by atoms with Crippen molar-refractivity contribution in [3.63, 3.8) is 0 Å². The van der Waals surface area contributed by atoms with E-state index in [1.807, 2.05) is 30.3 Å². The summed E-state index contributed by atoms with van der Waals surface area (Å²) < 4.78 is 48.5. The summed E-state index contributed by atoms with van der Waals surface area (Å²) in [6.07, 6.45) is 1.52. The van der Waals surface area contributed by atoms with E-state index in [0.717, 1.165) is 46.5 Å². The van der Waals surface area contributed by atoms with Crippen molar-refractivity contribution in [2.75, 3.05) is 7.11 Å². The highest BCUT2D eigenvalue weighted by Crippen LogP contribution is 2.36. The summed E-state index contributed by atoms with van der Waals surface area (Å²) in [4.78, 5) is 26.3. The van der Waals surface area contributed by atoms with E-state index >= 15 is 0 Å². The second-order valence-corrected chi connectivity index (χ2v) is 9.69. The van der Waals surface area contributed by atoms with Crippen LogP contribution in [-0.2, 0) is 21.5 Å². The van der Waals surface area contributed by atoms with Crippen LogP contribution < -0.4 is 8.92 Å². The Morgan fingerprint density at radius 2 is 1.68 bits per heavy atom. The van der Waals surface area contributed by atoms with Crippen molar-refractivity contribution in [3.8, 4) is 11.5 Å². The standard InChI is InChI=1S/C24H18FNO6S2/c1-31-21-13-17(7-12-20(21)32-34(29,30)19-10-8-18(25)9-11-19)14-22-23(27)26(24(28)33-22)15-16-5-3-2-4-6-16/h2-14H,15H2,1H3/b22-14-. The monoisotopic (exact) mass is 499 g/mol. The molecule has 3 aromatic rings. The third-order valence-electron chi connectivity index (χ3n) is 4.84. The van der Waals surface area contributed by atoms with Crippen LogP contribution in [0.3, 0.4) is 0 Å². The van der Waals surface area contributed by atoms with Gasteiger partial charge in [0.15, 0.2) is 11.5 Å². The predicted molar refractivity (Wildman–Crippen MR) is 125 cm³/mol. The summed E-state index contributed by atoms with van der Waals surface area (Å²) in [7, 11) is -2.89. The SMILES string of the molecule is COc1cc(/C=C2\SC(=O)N(Cc3ccccc3)C2=O)ccc1OS(=O)(=O)c1ccc(F)cc1. The lowest BCUT2D eigenvalue weighted by molar-refractivity contribution is -0.123. The van der Waals surface area contributed by atoms with Crippen LogP contribution in [0.15, 0.2) is 82.6 Å². The third kappa shape index (κ3) is 5.13. The Morgan fingerprint density at radius 1 is 0.971 bits per heavy atom. The maximum atomic E-state index is 13.1. The first-order valence-electron chi connectivity index (χ1n) is 9.94. The van der Waals surface area contributed by atoms with E-state index in [4.69, 9.17) is 8.92 Å². The van der Waals surface area contributed by atoms with Gasteiger partial charge in [0.25, 0.3) is 11.1 Å². The molecule has 0 unspecified atom stereocenters. The zero-order chi connectivity index (χ0) is 24.3. The van der Waals surface area contributed by atoms with Gasteiger partial charge in [-0.05, 0) is 65.4 Å². The average molecular weight is 500 g/mol. The van der Waals surface area contributed by atoms with E-state index < -0.39 is 21.8 Å². The van der Waals surface area contributed by atoms with Crippen LogP contribution in [0.2, 0.25) is 0 Å². The van der Waals surface area contributed by atoms with Gasteiger partial charge >= 0.3 is 10.1 Å². The average Bonchev–Trinajstić information content (AvgIpc) is 3.08. The van der Waals surface area contributed by atoms with Crippen LogP contribution in [0.1, 0.15) is 11.1 Å². The molecule has 0 aromatic heterocycles. The molecule has 1 aliphatic heterocycles. The van der Waals surface area contributed by atoms with Crippen LogP contribution in [0.25, 0.3) is 6.08 Å². The summed E-state index contributed by atoms with van der Waals surface area (Å²) in [5.74, 6) is -0.977. The first-order chi connectivity index (χ1) is 16.3. The smallest absolute Gasteiger partial charge is 0.339 e. The van der Waals surface area contributed by atoms with E-state index in [1.54, 1.807) is 0 Å². The molecule has 2 amide bonds. The molecule has 0 spiro atoms. The minimum atomic E-state index is -4.22. The van der Waals surface area contributed by atoms with Gasteiger partial charge in [0.05, 0.1) is 18.6 Å². The number of methoxy groups -OCH3 is 1. The Balaban J connectivity index is 1.55. The topological polar surface area (TPSA) is 90.0 Å². The zero-order valence-electron chi connectivity index (χ0n) is 17.8. The van der Waals surface area contributed by atoms with Gasteiger partial charge in [0, 0.05) is 0 Å². The minimum absolute atomic E-state index is 0.0823. The number of imide groups is 1. The van der Waals surface area contributed by atoms with E-state index in [-0.39, 0.29) is 33.1 Å². The number of ether oxygens (including phenoxy) is 1. The molecule has 1 fully saturated rings. The van der Waals surface area contributed by atoms with E-state index in [9.17, 15) is 22.4 Å². The Morgan fingerprint density at radius 3 is 2.35 bits per heavy atom. The van der Waals surface area contributed by atoms with Crippen LogP contribution in [0, 0.1) is 5.82 Å². The van der Waals surface area contributed by atoms with Gasteiger partial charge in [0.1, 0.15) is 10.7 Å². The molecule has 10 heteroatoms. The number of carbonyl (C=O) groups is 2. The summed E-state index contributed by atoms with van der Waals surface area (Å²) >= 11 is 0.822. The molecule has 1 heterocycles. The number of nitrogens with zero attached hydrogens (tertiary/aromatic N) is 1. The normalized spacial score (nSPS) is 15.1. The van der Waals surface area contributed by atoms with Crippen LogP contribution in [0.5, 0.6) is 11.5 Å². The molecule has 3 aromatic carbocycles. The zero-order valence-corrected chi connectivity index (χ0v) is 19.4. The molecule has 0 N–H and O–H groups in total. The van der Waals surface area contributed by atoms with Crippen molar-refractivity contribution in [3.05, 3.63) is 94.6 Å². The van der Waals surface area contributed by atoms with Crippen molar-refractivity contribution < 1.29 is 31.3 Å². The number of rotatable bonds is 7. The molecule has 0 saturated carbocycles. The Hall–Kier alpha value is -3.63. The number of hydrogen-bond acceptors (Lipinski definition) is 7. The maximum Gasteiger partial charge on any atom is 0.339 e. The van der Waals surface area contributed by atoms with Crippen molar-refractivity contribution in [1.29, 1.82) is 0 Å². The summed E-state index contributed by atoms with van der Waals surface area (Å²) in [5, 5.41) is -0.377. The van der Waals surface area contributed by atoms with Gasteiger partial charge in [-0.1, -0.05) is 36.4 Å². The lowest BCUT2D eigenvalue weighted by atomic mass is 10.1. The van der Waals surface area contributed by atoms with Crippen LogP contribution in [0.4, 0.5) is 9.18 Å². The highest BCUT2D eigenvalue weighted by atomic mass is 32.2. The number of halogens is 1. The fourth-order valence-corrected chi connectivity index (χ4v) is 4.94. The van der Waals surface area contributed by atoms with Gasteiger partial charge in [-0.25, -0.2) is 4.39 Å². The largest absolute Gasteiger partial charge is 0.493 e. The summed E-state index contributed by atoms with van der Waals surface area (Å²) in [6.45, 7) is 0.167. The van der Waals surface area contributed by atoms with Gasteiger partial charge in [-0.15, -0.1) is 0 Å². The molecular weight excluding hydrogens is 481 g/mol. The molecule has 7 nitrogen and oxygen atoms in total. The molecule has 4 rings (SSSR count). The lowest BCUT2D eigenvalue weighted by Gasteiger charge is -2.12. The number of amides is 2. The molecule has 34 heavy (non-hydrogen) atoms. The molecule has 174 valence electrons. The molecular formula is C24H18FNO6S2. The molecule has 0 atom stereocenters. The van der Waals surface area contributed by atoms with Crippen molar-refractivity contribution in [2.24, 2.45) is 0 Å². The second-order valence-electron chi connectivity index (χ2n) is 7.16. The fourth-order valence-electron chi connectivity index (χ4n) is 3.16. The molecule has 1 saturated heterocycles. The first-order valence-corrected chi connectivity index (χ1v) is 12.2. The Kier molecular flexibility index (Phi) is 6.71. The van der Waals surface area contributed by atoms with Crippen molar-refractivity contribution >= 4 is 39.1 Å². The van der Waals surface area contributed by atoms with Gasteiger partial charge in [-0.2, -0.15) is 8.42 Å². The molecule has 0 bridgehead atoms. The molecule has 0 aliphatic carbocycles. The highest BCUT2D eigenvalue weighted by molar-refractivity contribution is 8.18. The fraction of sp³-hybridized carbons (Fsp3) is 0.0833. The Bertz CT molecular complexity index is 1370. The number of carbonyl (C=O) groups excluding carboxylic acids is 2. The van der Waals surface area contributed by atoms with E-state index in [2.05, 4.69) is 0 Å². The van der Waals surface area contributed by atoms with Crippen LogP contribution in [-0.4, -0.2) is 31.6 Å². The van der Waals surface area contributed by atoms with Gasteiger partial charge in [0.2, 0.25) is 0 Å². The Labute approximate surface area is 199 Å². The van der Waals surface area contributed by atoms with Crippen LogP contribution >= 0.6 is 11.8 Å². The molecule has 1 aliphatic rings. The quantitative estimate of drug-likeness (QED) is 0.339. The van der Waals surface area contributed by atoms with E-state index in [0.29, 0.717) is 5.56 Å². The molecule has 0 radical (unpaired) electrons. The first kappa shape index (κ1) is 23.5. The van der Waals surface area contributed by atoms with Gasteiger partial charge < -0.3 is 8.92 Å². The van der Waals surface area contributed by atoms with Gasteiger partial charge in [-0.3, -0.25) is 14.5 Å². The maximum absolute atomic E-state index is 13.1. The number of hydrogen-bond donors (Lipinski definition) is 0. The highest BCUT2D eigenvalue weighted by Gasteiger charge is 2.35. The van der Waals surface area contributed by atoms with Crippen molar-refractivity contribution in [1.82, 2.24) is 4.90 Å². The van der Waals surface area contributed by atoms with E-state index in [1.165, 1.54) is 31.4 Å². The third-order valence-corrected chi connectivity index (χ3v) is 7.00. The number of thioether (sulfide) groups is 1. The predicted octanol–water partition coefficient (Wildman–Crippen LogP) is 4.84. The summed E-state index contributed by atoms with van der Waals surface area (Å²) in [6, 6.07) is 17.8. The lowest BCUT2D eigenvalue weighted by Crippen LogP contribution is -2.27. The minimum Gasteiger partial charge on any atom is -0.493 e. The van der Waals surface area contributed by atoms with Crippen molar-refractivity contribution in [2.45, 2.75) is 11.4 Å². The second kappa shape index (κ2) is 9.70. The number of benzene rings is 3. The summed E-state index contributed by atoms with van der Waals surface area (Å²) in [5.41, 5.74) is 1.34.